The third-order valence-electron chi connectivity index (χ3n) is 3.86. The molecule has 2 aromatic heterocycles. The van der Waals surface area contributed by atoms with Gasteiger partial charge in [-0.15, -0.1) is 11.3 Å². The van der Waals surface area contributed by atoms with Gasteiger partial charge in [-0.2, -0.15) is 0 Å². The number of aromatic nitrogens is 1. The molecule has 0 saturated heterocycles. The van der Waals surface area contributed by atoms with Gasteiger partial charge >= 0.3 is 0 Å². The van der Waals surface area contributed by atoms with Crippen LogP contribution in [0.1, 0.15) is 11.8 Å². The fourth-order valence-corrected chi connectivity index (χ4v) is 4.14. The number of benzene rings is 1. The number of hydrogen-bond acceptors (Lipinski definition) is 6. The van der Waals surface area contributed by atoms with Crippen LogP contribution in [0.5, 0.6) is 5.75 Å². The molecule has 3 rings (SSSR count). The lowest BCUT2D eigenvalue weighted by molar-refractivity contribution is -0.114. The second kappa shape index (κ2) is 10.6. The molecule has 0 spiro atoms. The number of halogens is 1. The van der Waals surface area contributed by atoms with Gasteiger partial charge < -0.3 is 22.0 Å². The highest BCUT2D eigenvalue weighted by atomic mass is 35.5. The number of rotatable bonds is 8. The predicted molar refractivity (Wildman–Crippen MR) is 115 cm³/mol. The van der Waals surface area contributed by atoms with Gasteiger partial charge in [-0.1, -0.05) is 17.4 Å². The Balaban J connectivity index is 0.00000280. The van der Waals surface area contributed by atoms with Crippen LogP contribution in [0.4, 0.5) is 5.13 Å². The number of thiophene rings is 1. The van der Waals surface area contributed by atoms with Crippen LogP contribution in [0.3, 0.4) is 0 Å². The molecule has 2 heterocycles. The normalized spacial score (nSPS) is 11.1. The number of thiazole rings is 1. The van der Waals surface area contributed by atoms with Crippen molar-refractivity contribution >= 4 is 50.0 Å². The fourth-order valence-electron chi connectivity index (χ4n) is 2.49. The van der Waals surface area contributed by atoms with E-state index in [1.807, 2.05) is 62.8 Å². The zero-order chi connectivity index (χ0) is 19.2. The van der Waals surface area contributed by atoms with Gasteiger partial charge in [0.15, 0.2) is 5.13 Å². The first-order valence-corrected chi connectivity index (χ1v) is 10.5. The minimum atomic E-state index is -0.0608. The van der Waals surface area contributed by atoms with Crippen molar-refractivity contribution in [3.63, 3.8) is 0 Å². The number of carbonyl (C=O) groups is 1. The maximum absolute atomic E-state index is 12.9. The van der Waals surface area contributed by atoms with Gasteiger partial charge in [0.05, 0.1) is 16.8 Å². The van der Waals surface area contributed by atoms with E-state index in [0.29, 0.717) is 18.3 Å². The van der Waals surface area contributed by atoms with Crippen LogP contribution in [0.15, 0.2) is 41.8 Å². The number of carbonyl (C=O) groups excluding carboxylic acids is 1. The Kier molecular flexibility index (Phi) is 8.44. The van der Waals surface area contributed by atoms with Crippen LogP contribution in [-0.4, -0.2) is 49.6 Å². The molecule has 0 fully saturated rings. The second-order valence-corrected chi connectivity index (χ2v) is 8.19. The zero-order valence-corrected chi connectivity index (χ0v) is 18.5. The van der Waals surface area contributed by atoms with Gasteiger partial charge in [-0.25, -0.2) is 4.98 Å². The molecule has 1 aromatic carbocycles. The Morgan fingerprint density at radius 3 is 2.75 bits per heavy atom. The lowest BCUT2D eigenvalue weighted by atomic mass is 10.3. The molecular weight excluding hydrogens is 414 g/mol. The van der Waals surface area contributed by atoms with Crippen molar-refractivity contribution in [1.29, 1.82) is 0 Å². The molecule has 0 radical (unpaired) electrons. The third-order valence-corrected chi connectivity index (χ3v) is 5.74. The van der Waals surface area contributed by atoms with Crippen LogP contribution >= 0.6 is 22.7 Å². The first-order chi connectivity index (χ1) is 13.1. The lowest BCUT2D eigenvalue weighted by Crippen LogP contribution is -3.00. The first-order valence-electron chi connectivity index (χ1n) is 8.78. The smallest absolute Gasteiger partial charge is 0.252 e. The third kappa shape index (κ3) is 5.78. The van der Waals surface area contributed by atoms with E-state index in [1.165, 1.54) is 11.3 Å². The van der Waals surface area contributed by atoms with Gasteiger partial charge in [0, 0.05) is 24.0 Å². The minimum Gasteiger partial charge on any atom is -1.00 e. The Morgan fingerprint density at radius 1 is 1.25 bits per heavy atom. The van der Waals surface area contributed by atoms with Crippen molar-refractivity contribution in [2.75, 3.05) is 38.7 Å². The summed E-state index contributed by atoms with van der Waals surface area (Å²) in [5.74, 6) is 0.762. The topological polar surface area (TPSA) is 45.7 Å². The number of ether oxygens (including phenoxy) is 1. The molecule has 0 bridgehead atoms. The van der Waals surface area contributed by atoms with E-state index >= 15 is 0 Å². The second-order valence-electron chi connectivity index (χ2n) is 6.20. The monoisotopic (exact) mass is 436 g/mol. The van der Waals surface area contributed by atoms with Crippen LogP contribution in [0.25, 0.3) is 16.3 Å². The summed E-state index contributed by atoms with van der Waals surface area (Å²) in [6.07, 6.45) is 3.48. The Bertz CT molecular complexity index is 923. The number of amides is 1. The minimum absolute atomic E-state index is 0. The van der Waals surface area contributed by atoms with E-state index in [1.54, 1.807) is 22.3 Å². The highest BCUT2D eigenvalue weighted by Crippen LogP contribution is 2.31. The van der Waals surface area contributed by atoms with Crippen molar-refractivity contribution in [2.45, 2.75) is 6.92 Å². The summed E-state index contributed by atoms with van der Waals surface area (Å²) in [5.41, 5.74) is 0.878. The molecule has 0 aliphatic heterocycles. The Labute approximate surface area is 179 Å². The predicted octanol–water partition coefficient (Wildman–Crippen LogP) is 1.37. The number of hydrogen-bond donors (Lipinski definition) is 0. The molecule has 1 amide bonds. The molecule has 150 valence electrons. The van der Waals surface area contributed by atoms with E-state index in [4.69, 9.17) is 4.74 Å². The largest absolute Gasteiger partial charge is 1.00 e. The van der Waals surface area contributed by atoms with E-state index in [0.717, 1.165) is 27.4 Å². The van der Waals surface area contributed by atoms with Gasteiger partial charge in [0.2, 0.25) is 0 Å². The van der Waals surface area contributed by atoms with Crippen LogP contribution in [-0.2, 0) is 4.79 Å². The summed E-state index contributed by atoms with van der Waals surface area (Å²) in [5, 5.41) is 2.71. The van der Waals surface area contributed by atoms with Gasteiger partial charge in [-0.3, -0.25) is 9.69 Å². The standard InChI is InChI=1S/C20H23N3O2S2.ClH/c1-4-25-15-7-9-17-18(14-15)27-20(21-17)23(12-11-22(2)3)19(24)10-8-16-6-5-13-26-16;/h5-10,13-14H,4,11-12H2,1-3H3;1H/p-1/b10-8+;. The summed E-state index contributed by atoms with van der Waals surface area (Å²) in [6.45, 7) is 3.93. The molecule has 28 heavy (non-hydrogen) atoms. The molecule has 0 aliphatic rings. The summed E-state index contributed by atoms with van der Waals surface area (Å²) < 4.78 is 6.59. The molecule has 0 saturated carbocycles. The fraction of sp³-hybridized carbons (Fsp3) is 0.300. The summed E-state index contributed by atoms with van der Waals surface area (Å²) >= 11 is 3.12. The Hall–Kier alpha value is -1.93. The summed E-state index contributed by atoms with van der Waals surface area (Å²) in [4.78, 5) is 22.4. The number of nitrogens with zero attached hydrogens (tertiary/aromatic N) is 3. The highest BCUT2D eigenvalue weighted by molar-refractivity contribution is 7.22. The quantitative estimate of drug-likeness (QED) is 0.500. The molecular formula is C20H23ClN3O2S2-. The van der Waals surface area contributed by atoms with E-state index in [2.05, 4.69) is 9.88 Å². The summed E-state index contributed by atoms with van der Waals surface area (Å²) in [7, 11) is 3.99. The molecule has 0 N–H and O–H groups in total. The molecule has 8 heteroatoms. The average molecular weight is 437 g/mol. The maximum atomic E-state index is 12.9. The van der Waals surface area contributed by atoms with Gasteiger partial charge in [-0.05, 0) is 56.7 Å². The molecule has 5 nitrogen and oxygen atoms in total. The van der Waals surface area contributed by atoms with Gasteiger partial charge in [0.1, 0.15) is 5.75 Å². The zero-order valence-electron chi connectivity index (χ0n) is 16.1. The van der Waals surface area contributed by atoms with Crippen molar-refractivity contribution in [3.05, 3.63) is 46.7 Å². The average Bonchev–Trinajstić information content (AvgIpc) is 3.29. The number of fused-ring (bicyclic) bond motifs is 1. The number of anilines is 1. The van der Waals surface area contributed by atoms with E-state index in [-0.39, 0.29) is 18.3 Å². The molecule has 3 aromatic rings. The lowest BCUT2D eigenvalue weighted by Gasteiger charge is -2.20. The number of likely N-dealkylation sites (N-methyl/N-ethyl adjacent to an activating group) is 1. The van der Waals surface area contributed by atoms with Crippen molar-refractivity contribution in [2.24, 2.45) is 0 Å². The van der Waals surface area contributed by atoms with Crippen LogP contribution in [0.2, 0.25) is 0 Å². The first kappa shape index (κ1) is 22.4. The Morgan fingerprint density at radius 2 is 2.07 bits per heavy atom. The van der Waals surface area contributed by atoms with Crippen LogP contribution < -0.4 is 22.0 Å². The van der Waals surface area contributed by atoms with Crippen molar-refractivity contribution < 1.29 is 21.9 Å². The van der Waals surface area contributed by atoms with Gasteiger partial charge in [0.25, 0.3) is 5.91 Å². The van der Waals surface area contributed by atoms with E-state index < -0.39 is 0 Å². The van der Waals surface area contributed by atoms with E-state index in [9.17, 15) is 4.79 Å². The highest BCUT2D eigenvalue weighted by Gasteiger charge is 2.18. The molecule has 0 aliphatic carbocycles. The molecule has 0 atom stereocenters. The van der Waals surface area contributed by atoms with Crippen LogP contribution in [0, 0.1) is 0 Å². The summed E-state index contributed by atoms with van der Waals surface area (Å²) in [6, 6.07) is 9.80. The van der Waals surface area contributed by atoms with Crippen molar-refractivity contribution in [1.82, 2.24) is 9.88 Å². The van der Waals surface area contributed by atoms with Crippen molar-refractivity contribution in [3.8, 4) is 5.75 Å². The molecule has 0 unspecified atom stereocenters. The maximum Gasteiger partial charge on any atom is 0.252 e. The SMILES string of the molecule is CCOc1ccc2nc(N(CCN(C)C)C(=O)/C=C/c3cccs3)sc2c1.[Cl-].